The van der Waals surface area contributed by atoms with Crippen molar-refractivity contribution in [2.45, 2.75) is 70.9 Å². The minimum atomic E-state index is -0.221. The molecule has 0 aliphatic heterocycles. The van der Waals surface area contributed by atoms with Crippen molar-refractivity contribution in [3.63, 3.8) is 0 Å². The Labute approximate surface area is 144 Å². The van der Waals surface area contributed by atoms with Gasteiger partial charge < -0.3 is 14.6 Å². The SMILES string of the molecule is COC(=O)[C@@H]1CCCCC[C@H]1NC(=O)CCn1ccnc1C(C)C. The van der Waals surface area contributed by atoms with E-state index in [1.54, 1.807) is 6.20 Å². The van der Waals surface area contributed by atoms with Gasteiger partial charge in [-0.2, -0.15) is 0 Å². The summed E-state index contributed by atoms with van der Waals surface area (Å²) in [6, 6.07) is -0.111. The molecule has 0 bridgehead atoms. The number of aryl methyl sites for hydroxylation is 1. The molecule has 1 aliphatic rings. The van der Waals surface area contributed by atoms with E-state index in [9.17, 15) is 9.59 Å². The molecule has 0 saturated heterocycles. The molecular weight excluding hydrogens is 306 g/mol. The minimum absolute atomic E-state index is 0.0146. The Morgan fingerprint density at radius 1 is 1.33 bits per heavy atom. The van der Waals surface area contributed by atoms with Gasteiger partial charge in [0.1, 0.15) is 5.82 Å². The van der Waals surface area contributed by atoms with E-state index >= 15 is 0 Å². The summed E-state index contributed by atoms with van der Waals surface area (Å²) in [5, 5.41) is 3.06. The van der Waals surface area contributed by atoms with Crippen LogP contribution in [0.3, 0.4) is 0 Å². The third-order valence-electron chi connectivity index (χ3n) is 4.71. The molecule has 2 atom stereocenters. The van der Waals surface area contributed by atoms with E-state index in [1.807, 2.05) is 10.8 Å². The number of esters is 1. The Morgan fingerprint density at radius 3 is 2.79 bits per heavy atom. The first-order valence-electron chi connectivity index (χ1n) is 8.91. The zero-order valence-electron chi connectivity index (χ0n) is 15.0. The maximum atomic E-state index is 12.4. The van der Waals surface area contributed by atoms with Crippen molar-refractivity contribution >= 4 is 11.9 Å². The first-order chi connectivity index (χ1) is 11.5. The van der Waals surface area contributed by atoms with Crippen molar-refractivity contribution < 1.29 is 14.3 Å². The topological polar surface area (TPSA) is 73.2 Å². The summed E-state index contributed by atoms with van der Waals surface area (Å²) < 4.78 is 6.94. The van der Waals surface area contributed by atoms with Gasteiger partial charge in [0.25, 0.3) is 0 Å². The van der Waals surface area contributed by atoms with Crippen LogP contribution in [0.25, 0.3) is 0 Å². The smallest absolute Gasteiger partial charge is 0.310 e. The normalized spacial score (nSPS) is 21.3. The van der Waals surface area contributed by atoms with E-state index in [0.29, 0.717) is 18.9 Å². The van der Waals surface area contributed by atoms with Crippen molar-refractivity contribution in [1.29, 1.82) is 0 Å². The molecule has 0 radical (unpaired) electrons. The molecule has 1 N–H and O–H groups in total. The first kappa shape index (κ1) is 18.5. The maximum absolute atomic E-state index is 12.4. The van der Waals surface area contributed by atoms with Gasteiger partial charge in [0.2, 0.25) is 5.91 Å². The summed E-state index contributed by atoms with van der Waals surface area (Å²) in [4.78, 5) is 28.7. The van der Waals surface area contributed by atoms with Crippen molar-refractivity contribution in [1.82, 2.24) is 14.9 Å². The summed E-state index contributed by atoms with van der Waals surface area (Å²) in [6.45, 7) is 4.78. The van der Waals surface area contributed by atoms with Crippen LogP contribution in [-0.4, -0.2) is 34.6 Å². The molecule has 1 fully saturated rings. The van der Waals surface area contributed by atoms with E-state index < -0.39 is 0 Å². The van der Waals surface area contributed by atoms with Crippen molar-refractivity contribution in [3.8, 4) is 0 Å². The molecule has 6 heteroatoms. The lowest BCUT2D eigenvalue weighted by atomic mass is 9.94. The van der Waals surface area contributed by atoms with Crippen LogP contribution in [-0.2, 0) is 20.9 Å². The van der Waals surface area contributed by atoms with Crippen LogP contribution in [0.2, 0.25) is 0 Å². The molecule has 1 heterocycles. The largest absolute Gasteiger partial charge is 0.469 e. The predicted molar refractivity (Wildman–Crippen MR) is 91.5 cm³/mol. The number of rotatable bonds is 6. The van der Waals surface area contributed by atoms with Gasteiger partial charge in [0.05, 0.1) is 13.0 Å². The lowest BCUT2D eigenvalue weighted by Crippen LogP contribution is -2.43. The highest BCUT2D eigenvalue weighted by Gasteiger charge is 2.31. The van der Waals surface area contributed by atoms with Crippen molar-refractivity contribution in [2.24, 2.45) is 5.92 Å². The molecule has 0 aromatic carbocycles. The Balaban J connectivity index is 1.91. The predicted octanol–water partition coefficient (Wildman–Crippen LogP) is 2.63. The van der Waals surface area contributed by atoms with Gasteiger partial charge in [-0.05, 0) is 12.8 Å². The molecule has 1 aliphatic carbocycles. The van der Waals surface area contributed by atoms with Gasteiger partial charge in [0.15, 0.2) is 0 Å². The standard InChI is InChI=1S/C18H29N3O3/c1-13(2)17-19-10-12-21(17)11-9-16(22)20-15-8-6-4-5-7-14(15)18(23)24-3/h10,12-15H,4-9,11H2,1-3H3,(H,20,22)/t14-,15-/m1/s1. The third kappa shape index (κ3) is 4.82. The highest BCUT2D eigenvalue weighted by Crippen LogP contribution is 2.24. The quantitative estimate of drug-likeness (QED) is 0.641. The molecule has 1 saturated carbocycles. The Morgan fingerprint density at radius 2 is 2.08 bits per heavy atom. The Kier molecular flexibility index (Phi) is 6.82. The molecule has 1 aromatic heterocycles. The van der Waals surface area contributed by atoms with Crippen molar-refractivity contribution in [2.75, 3.05) is 7.11 Å². The summed E-state index contributed by atoms with van der Waals surface area (Å²) >= 11 is 0. The highest BCUT2D eigenvalue weighted by atomic mass is 16.5. The van der Waals surface area contributed by atoms with Gasteiger partial charge >= 0.3 is 5.97 Å². The maximum Gasteiger partial charge on any atom is 0.310 e. The van der Waals surface area contributed by atoms with Crippen molar-refractivity contribution in [3.05, 3.63) is 18.2 Å². The van der Waals surface area contributed by atoms with E-state index in [2.05, 4.69) is 24.1 Å². The average Bonchev–Trinajstić information content (AvgIpc) is 2.92. The number of nitrogens with one attached hydrogen (secondary N) is 1. The number of hydrogen-bond donors (Lipinski definition) is 1. The van der Waals surface area contributed by atoms with E-state index in [4.69, 9.17) is 4.74 Å². The molecule has 0 unspecified atom stereocenters. The summed E-state index contributed by atoms with van der Waals surface area (Å²) in [6.07, 6.45) is 8.85. The van der Waals surface area contributed by atoms with E-state index in [-0.39, 0.29) is 23.8 Å². The second-order valence-corrected chi connectivity index (χ2v) is 6.83. The van der Waals surface area contributed by atoms with Crippen LogP contribution in [0.15, 0.2) is 12.4 Å². The molecule has 2 rings (SSSR count). The number of carbonyl (C=O) groups excluding carboxylic acids is 2. The van der Waals surface area contributed by atoms with E-state index in [0.717, 1.165) is 37.9 Å². The fourth-order valence-corrected chi connectivity index (χ4v) is 3.43. The van der Waals surface area contributed by atoms with Crippen LogP contribution in [0.5, 0.6) is 0 Å². The van der Waals surface area contributed by atoms with Gasteiger partial charge in [-0.25, -0.2) is 4.98 Å². The first-order valence-corrected chi connectivity index (χ1v) is 8.91. The van der Waals surface area contributed by atoms with Crippen LogP contribution >= 0.6 is 0 Å². The second-order valence-electron chi connectivity index (χ2n) is 6.83. The number of imidazole rings is 1. The number of aromatic nitrogens is 2. The van der Waals surface area contributed by atoms with Crippen LogP contribution < -0.4 is 5.32 Å². The zero-order valence-corrected chi connectivity index (χ0v) is 15.0. The second kappa shape index (κ2) is 8.85. The number of hydrogen-bond acceptors (Lipinski definition) is 4. The molecular formula is C18H29N3O3. The lowest BCUT2D eigenvalue weighted by Gasteiger charge is -2.24. The fraction of sp³-hybridized carbons (Fsp3) is 0.722. The molecule has 24 heavy (non-hydrogen) atoms. The zero-order chi connectivity index (χ0) is 17.5. The number of ether oxygens (including phenoxy) is 1. The summed E-state index contributed by atoms with van der Waals surface area (Å²) in [7, 11) is 1.42. The highest BCUT2D eigenvalue weighted by molar-refractivity contribution is 5.78. The van der Waals surface area contributed by atoms with Crippen LogP contribution in [0.1, 0.15) is 64.1 Å². The monoisotopic (exact) mass is 335 g/mol. The Hall–Kier alpha value is -1.85. The molecule has 1 amide bonds. The molecule has 1 aromatic rings. The minimum Gasteiger partial charge on any atom is -0.469 e. The number of nitrogens with zero attached hydrogens (tertiary/aromatic N) is 2. The van der Waals surface area contributed by atoms with Gasteiger partial charge in [-0.3, -0.25) is 9.59 Å². The number of carbonyl (C=O) groups is 2. The molecule has 6 nitrogen and oxygen atoms in total. The Bertz CT molecular complexity index is 553. The number of methoxy groups -OCH3 is 1. The fourth-order valence-electron chi connectivity index (χ4n) is 3.43. The summed E-state index contributed by atoms with van der Waals surface area (Å²) in [5.74, 6) is 0.873. The average molecular weight is 335 g/mol. The summed E-state index contributed by atoms with van der Waals surface area (Å²) in [5.41, 5.74) is 0. The van der Waals surface area contributed by atoms with Crippen LogP contribution in [0, 0.1) is 5.92 Å². The van der Waals surface area contributed by atoms with Crippen LogP contribution in [0.4, 0.5) is 0 Å². The van der Waals surface area contributed by atoms with Gasteiger partial charge in [-0.1, -0.05) is 33.1 Å². The lowest BCUT2D eigenvalue weighted by molar-refractivity contribution is -0.147. The molecule has 134 valence electrons. The van der Waals surface area contributed by atoms with Gasteiger partial charge in [0, 0.05) is 37.3 Å². The third-order valence-corrected chi connectivity index (χ3v) is 4.71. The molecule has 0 spiro atoms. The van der Waals surface area contributed by atoms with Gasteiger partial charge in [-0.15, -0.1) is 0 Å². The van der Waals surface area contributed by atoms with E-state index in [1.165, 1.54) is 7.11 Å². The number of amides is 1.